The second kappa shape index (κ2) is 9.50. The summed E-state index contributed by atoms with van der Waals surface area (Å²) in [6.07, 6.45) is -3.69. The van der Waals surface area contributed by atoms with Gasteiger partial charge in [-0.1, -0.05) is 40.7 Å². The molecule has 0 bridgehead atoms. The molecule has 1 unspecified atom stereocenters. The summed E-state index contributed by atoms with van der Waals surface area (Å²) in [5.74, 6) is -4.70. The molecule has 1 aliphatic carbocycles. The maximum atomic E-state index is 13.6. The molecule has 1 aromatic heterocycles. The fourth-order valence-electron chi connectivity index (χ4n) is 5.86. The van der Waals surface area contributed by atoms with Gasteiger partial charge in [-0.15, -0.1) is 0 Å². The molecule has 3 heterocycles. The fraction of sp³-hybridized carbons (Fsp3) is 0.615. The number of rotatable bonds is 6. The molecule has 13 heteroatoms. The maximum absolute atomic E-state index is 13.6. The first-order chi connectivity index (χ1) is 18.0. The minimum atomic E-state index is -5.18. The summed E-state index contributed by atoms with van der Waals surface area (Å²) in [4.78, 5) is 56.7. The van der Waals surface area contributed by atoms with Crippen LogP contribution in [0, 0.1) is 34.0 Å². The maximum Gasteiger partial charge on any atom is 0.471 e. The Hall–Kier alpha value is -3.69. The molecule has 0 radical (unpaired) electrons. The quantitative estimate of drug-likeness (QED) is 0.497. The number of likely N-dealkylation sites (tertiary alicyclic amines) is 1. The number of aromatic nitrogens is 1. The van der Waals surface area contributed by atoms with Crippen molar-refractivity contribution >= 4 is 29.4 Å². The predicted molar refractivity (Wildman–Crippen MR) is 131 cm³/mol. The first-order valence-corrected chi connectivity index (χ1v) is 12.6. The summed E-state index contributed by atoms with van der Waals surface area (Å²) in [6, 6.07) is 1.69. The number of carbonyl (C=O) groups is 4. The third-order valence-corrected chi connectivity index (χ3v) is 8.12. The number of nitrogens with zero attached hydrogens (tertiary/aromatic N) is 3. The van der Waals surface area contributed by atoms with Crippen LogP contribution in [0.3, 0.4) is 0 Å². The van der Waals surface area contributed by atoms with Gasteiger partial charge in [-0.3, -0.25) is 19.2 Å². The Morgan fingerprint density at radius 3 is 2.51 bits per heavy atom. The SMILES string of the molecule is CC(C)(C)[C@H](NC(=O)C(F)(F)F)C(=O)N1C[C@H]2[C@@H]([C@H]1C(=O)N[C@H](C#N)CC1C(=O)Nc3ncccc31)C2(C)C. The Morgan fingerprint density at radius 2 is 1.92 bits per heavy atom. The van der Waals surface area contributed by atoms with Gasteiger partial charge in [0, 0.05) is 18.3 Å². The topological polar surface area (TPSA) is 144 Å². The first-order valence-electron chi connectivity index (χ1n) is 12.6. The highest BCUT2D eigenvalue weighted by molar-refractivity contribution is 6.02. The second-order valence-electron chi connectivity index (χ2n) is 12.1. The van der Waals surface area contributed by atoms with Crippen LogP contribution in [-0.4, -0.2) is 64.4 Å². The number of alkyl halides is 3. The summed E-state index contributed by atoms with van der Waals surface area (Å²) < 4.78 is 39.1. The van der Waals surface area contributed by atoms with E-state index >= 15 is 0 Å². The predicted octanol–water partition coefficient (Wildman–Crippen LogP) is 2.09. The number of anilines is 1. The van der Waals surface area contributed by atoms with Crippen LogP contribution >= 0.6 is 0 Å². The van der Waals surface area contributed by atoms with Crippen molar-refractivity contribution < 1.29 is 32.3 Å². The van der Waals surface area contributed by atoms with Crippen molar-refractivity contribution in [1.29, 1.82) is 5.26 Å². The summed E-state index contributed by atoms with van der Waals surface area (Å²) in [7, 11) is 0. The van der Waals surface area contributed by atoms with Gasteiger partial charge in [0.05, 0.1) is 12.0 Å². The van der Waals surface area contributed by atoms with Crippen molar-refractivity contribution in [1.82, 2.24) is 20.5 Å². The largest absolute Gasteiger partial charge is 0.471 e. The Kier molecular flexibility index (Phi) is 6.90. The normalized spacial score (nSPS) is 26.4. The van der Waals surface area contributed by atoms with Crippen molar-refractivity contribution in [3.05, 3.63) is 23.9 Å². The Bertz CT molecular complexity index is 1250. The van der Waals surface area contributed by atoms with Gasteiger partial charge in [-0.2, -0.15) is 18.4 Å². The number of fused-ring (bicyclic) bond motifs is 2. The molecule has 1 saturated carbocycles. The average Bonchev–Trinajstić information content (AvgIpc) is 3.15. The molecular formula is C26H31F3N6O4. The molecule has 4 rings (SSSR count). The van der Waals surface area contributed by atoms with Crippen LogP contribution in [0.25, 0.3) is 0 Å². The van der Waals surface area contributed by atoms with Crippen LogP contribution in [0.2, 0.25) is 0 Å². The van der Waals surface area contributed by atoms with E-state index in [2.05, 4.69) is 15.6 Å². The molecule has 3 N–H and O–H groups in total. The molecule has 10 nitrogen and oxygen atoms in total. The lowest BCUT2D eigenvalue weighted by molar-refractivity contribution is -0.176. The van der Waals surface area contributed by atoms with Crippen LogP contribution in [0.4, 0.5) is 19.0 Å². The number of piperidine rings is 1. The van der Waals surface area contributed by atoms with E-state index in [4.69, 9.17) is 0 Å². The summed E-state index contributed by atoms with van der Waals surface area (Å²) in [6.45, 7) is 8.56. The minimum Gasteiger partial charge on any atom is -0.339 e. The monoisotopic (exact) mass is 548 g/mol. The summed E-state index contributed by atoms with van der Waals surface area (Å²) in [5.41, 5.74) is -0.789. The van der Waals surface area contributed by atoms with E-state index in [1.54, 1.807) is 12.1 Å². The molecule has 2 aliphatic heterocycles. The Morgan fingerprint density at radius 1 is 1.26 bits per heavy atom. The molecule has 39 heavy (non-hydrogen) atoms. The lowest BCUT2D eigenvalue weighted by atomic mass is 9.85. The van der Waals surface area contributed by atoms with Crippen molar-refractivity contribution in [3.63, 3.8) is 0 Å². The van der Waals surface area contributed by atoms with Crippen LogP contribution in [0.5, 0.6) is 0 Å². The standard InChI is InChI=1S/C26H31F3N6O4/c1-24(2,3)18(33-23(39)26(27,28)29)22(38)35-11-15-16(25(15,4)5)17(35)21(37)32-12(10-30)9-14-13-7-6-8-31-19(13)34-20(14)36/h6-8,12,14-18H,9,11H2,1-5H3,(H,32,37)(H,33,39)(H,31,34,36)/t12-,14?,15-,16-,17-,18+/m0/s1. The van der Waals surface area contributed by atoms with Gasteiger partial charge in [0.2, 0.25) is 17.7 Å². The zero-order valence-corrected chi connectivity index (χ0v) is 22.2. The van der Waals surface area contributed by atoms with Gasteiger partial charge in [-0.25, -0.2) is 4.98 Å². The van der Waals surface area contributed by atoms with Crippen LogP contribution < -0.4 is 16.0 Å². The number of hydrogen-bond donors (Lipinski definition) is 3. The molecule has 6 atom stereocenters. The highest BCUT2D eigenvalue weighted by Crippen LogP contribution is 2.65. The smallest absolute Gasteiger partial charge is 0.339 e. The van der Waals surface area contributed by atoms with Crippen molar-refractivity contribution in [2.45, 2.75) is 71.3 Å². The van der Waals surface area contributed by atoms with Crippen LogP contribution in [-0.2, 0) is 19.2 Å². The molecule has 1 saturated heterocycles. The number of halogens is 3. The molecule has 1 aromatic rings. The molecule has 2 fully saturated rings. The summed E-state index contributed by atoms with van der Waals surface area (Å²) >= 11 is 0. The second-order valence-corrected chi connectivity index (χ2v) is 12.1. The number of hydrogen-bond acceptors (Lipinski definition) is 6. The zero-order valence-electron chi connectivity index (χ0n) is 22.2. The van der Waals surface area contributed by atoms with Gasteiger partial charge >= 0.3 is 12.1 Å². The van der Waals surface area contributed by atoms with Crippen LogP contribution in [0.15, 0.2) is 18.3 Å². The van der Waals surface area contributed by atoms with Crippen molar-refractivity contribution in [3.8, 4) is 6.07 Å². The number of carbonyl (C=O) groups excluding carboxylic acids is 4. The molecule has 0 spiro atoms. The average molecular weight is 549 g/mol. The molecular weight excluding hydrogens is 517 g/mol. The van der Waals surface area contributed by atoms with Crippen molar-refractivity contribution in [2.75, 3.05) is 11.9 Å². The van der Waals surface area contributed by atoms with Gasteiger partial charge in [0.1, 0.15) is 23.9 Å². The van der Waals surface area contributed by atoms with E-state index in [1.165, 1.54) is 31.9 Å². The number of amides is 4. The zero-order chi connectivity index (χ0) is 29.1. The van der Waals surface area contributed by atoms with E-state index in [1.807, 2.05) is 25.2 Å². The fourth-order valence-corrected chi connectivity index (χ4v) is 5.86. The van der Waals surface area contributed by atoms with E-state index in [9.17, 15) is 37.6 Å². The van der Waals surface area contributed by atoms with Crippen LogP contribution in [0.1, 0.15) is 52.5 Å². The van der Waals surface area contributed by atoms with E-state index < -0.39 is 53.4 Å². The van der Waals surface area contributed by atoms with Gasteiger partial charge in [0.25, 0.3) is 0 Å². The van der Waals surface area contributed by atoms with E-state index in [0.29, 0.717) is 11.4 Å². The van der Waals surface area contributed by atoms with E-state index in [0.717, 1.165) is 0 Å². The van der Waals surface area contributed by atoms with Crippen molar-refractivity contribution in [2.24, 2.45) is 22.7 Å². The van der Waals surface area contributed by atoms with Gasteiger partial charge < -0.3 is 20.9 Å². The number of nitriles is 1. The lowest BCUT2D eigenvalue weighted by Crippen LogP contribution is -2.61. The highest BCUT2D eigenvalue weighted by atomic mass is 19.4. The molecule has 0 aromatic carbocycles. The number of nitrogens with one attached hydrogen (secondary N) is 3. The lowest BCUT2D eigenvalue weighted by Gasteiger charge is -2.37. The Labute approximate surface area is 223 Å². The molecule has 4 amide bonds. The number of pyridine rings is 1. The first kappa shape index (κ1) is 28.3. The van der Waals surface area contributed by atoms with E-state index in [-0.39, 0.29) is 36.1 Å². The van der Waals surface area contributed by atoms with Gasteiger partial charge in [-0.05, 0) is 35.2 Å². The molecule has 3 aliphatic rings. The highest BCUT2D eigenvalue weighted by Gasteiger charge is 2.70. The third-order valence-electron chi connectivity index (χ3n) is 8.12. The minimum absolute atomic E-state index is 0.0306. The molecule has 210 valence electrons. The Balaban J connectivity index is 1.54. The van der Waals surface area contributed by atoms with Gasteiger partial charge in [0.15, 0.2) is 0 Å². The third kappa shape index (κ3) is 5.16. The summed E-state index contributed by atoms with van der Waals surface area (Å²) in [5, 5.41) is 16.9.